The summed E-state index contributed by atoms with van der Waals surface area (Å²) in [6.07, 6.45) is 1.47. The van der Waals surface area contributed by atoms with Crippen LogP contribution in [0.15, 0.2) is 42.5 Å². The molecular formula is C24H32FN3O4S. The summed E-state index contributed by atoms with van der Waals surface area (Å²) in [7, 11) is -2.05. The molecule has 0 saturated carbocycles. The lowest BCUT2D eigenvalue weighted by Crippen LogP contribution is -2.46. The molecule has 33 heavy (non-hydrogen) atoms. The number of aryl methyl sites for hydroxylation is 2. The van der Waals surface area contributed by atoms with Crippen LogP contribution in [-0.4, -0.2) is 51.0 Å². The quantitative estimate of drug-likeness (QED) is 0.570. The van der Waals surface area contributed by atoms with Gasteiger partial charge in [0.2, 0.25) is 21.8 Å². The van der Waals surface area contributed by atoms with Crippen LogP contribution < -0.4 is 9.62 Å². The Morgan fingerprint density at radius 2 is 1.64 bits per heavy atom. The van der Waals surface area contributed by atoms with E-state index in [9.17, 15) is 22.4 Å². The molecule has 0 aliphatic rings. The minimum absolute atomic E-state index is 0.0549. The molecule has 2 rings (SSSR count). The van der Waals surface area contributed by atoms with Gasteiger partial charge < -0.3 is 10.2 Å². The standard InChI is InChI=1S/C24H32FN3O4S/c1-17-13-18(2)15-22(14-17)28(33(5,31)32)12-6-7-23(29)27(19(3)24(30)26-4)16-20-8-10-21(25)11-9-20/h8-11,13-15,19H,6-7,12,16H2,1-5H3,(H,26,30). The molecule has 180 valence electrons. The Hall–Kier alpha value is -2.94. The molecule has 0 heterocycles. The summed E-state index contributed by atoms with van der Waals surface area (Å²) in [6.45, 7) is 5.69. The monoisotopic (exact) mass is 477 g/mol. The summed E-state index contributed by atoms with van der Waals surface area (Å²) in [5.41, 5.74) is 3.14. The zero-order valence-corrected chi connectivity index (χ0v) is 20.6. The number of sulfonamides is 1. The lowest BCUT2D eigenvalue weighted by Gasteiger charge is -2.29. The van der Waals surface area contributed by atoms with Crippen molar-refractivity contribution in [1.29, 1.82) is 0 Å². The summed E-state index contributed by atoms with van der Waals surface area (Å²) >= 11 is 0. The van der Waals surface area contributed by atoms with E-state index in [2.05, 4.69) is 5.32 Å². The zero-order valence-electron chi connectivity index (χ0n) is 19.8. The number of nitrogens with one attached hydrogen (secondary N) is 1. The van der Waals surface area contributed by atoms with Crippen LogP contribution in [0.3, 0.4) is 0 Å². The Bertz CT molecular complexity index is 1070. The maximum atomic E-state index is 13.3. The molecule has 2 amide bonds. The van der Waals surface area contributed by atoms with Gasteiger partial charge in [-0.15, -0.1) is 0 Å². The third-order valence-electron chi connectivity index (χ3n) is 5.33. The summed E-state index contributed by atoms with van der Waals surface area (Å²) < 4.78 is 39.4. The largest absolute Gasteiger partial charge is 0.357 e. The Morgan fingerprint density at radius 1 is 1.06 bits per heavy atom. The highest BCUT2D eigenvalue weighted by atomic mass is 32.2. The molecule has 1 atom stereocenters. The van der Waals surface area contributed by atoms with Gasteiger partial charge in [-0.3, -0.25) is 13.9 Å². The molecule has 2 aromatic carbocycles. The van der Waals surface area contributed by atoms with Crippen molar-refractivity contribution >= 4 is 27.5 Å². The first-order valence-electron chi connectivity index (χ1n) is 10.7. The highest BCUT2D eigenvalue weighted by Gasteiger charge is 2.26. The number of nitrogens with zero attached hydrogens (tertiary/aromatic N) is 2. The predicted octanol–water partition coefficient (Wildman–Crippen LogP) is 3.15. The molecule has 0 aliphatic carbocycles. The fourth-order valence-electron chi connectivity index (χ4n) is 3.68. The first-order valence-corrected chi connectivity index (χ1v) is 12.6. The van der Waals surface area contributed by atoms with Crippen LogP contribution in [0.5, 0.6) is 0 Å². The number of rotatable bonds is 10. The van der Waals surface area contributed by atoms with E-state index in [0.717, 1.165) is 17.4 Å². The normalized spacial score (nSPS) is 12.2. The number of halogens is 1. The van der Waals surface area contributed by atoms with E-state index < -0.39 is 16.1 Å². The topological polar surface area (TPSA) is 86.8 Å². The number of anilines is 1. The number of carbonyl (C=O) groups is 2. The zero-order chi connectivity index (χ0) is 24.8. The van der Waals surface area contributed by atoms with Crippen molar-refractivity contribution in [3.8, 4) is 0 Å². The van der Waals surface area contributed by atoms with Gasteiger partial charge >= 0.3 is 0 Å². The van der Waals surface area contributed by atoms with E-state index in [1.165, 1.54) is 28.4 Å². The van der Waals surface area contributed by atoms with Crippen molar-refractivity contribution in [1.82, 2.24) is 10.2 Å². The van der Waals surface area contributed by atoms with Gasteiger partial charge in [0.15, 0.2) is 0 Å². The number of amides is 2. The van der Waals surface area contributed by atoms with E-state index in [1.54, 1.807) is 31.2 Å². The lowest BCUT2D eigenvalue weighted by atomic mass is 10.1. The molecule has 0 saturated heterocycles. The molecule has 0 aliphatic heterocycles. The summed E-state index contributed by atoms with van der Waals surface area (Å²) in [4.78, 5) is 26.7. The number of hydrogen-bond donors (Lipinski definition) is 1. The molecule has 0 fully saturated rings. The van der Waals surface area contributed by atoms with Gasteiger partial charge in [0.1, 0.15) is 11.9 Å². The van der Waals surface area contributed by atoms with Gasteiger partial charge in [-0.1, -0.05) is 18.2 Å². The molecule has 0 aromatic heterocycles. The minimum Gasteiger partial charge on any atom is -0.357 e. The molecule has 1 unspecified atom stereocenters. The van der Waals surface area contributed by atoms with Crippen molar-refractivity contribution in [2.45, 2.75) is 46.2 Å². The molecule has 9 heteroatoms. The Labute approximate surface area is 195 Å². The number of likely N-dealkylation sites (N-methyl/N-ethyl adjacent to an activating group) is 1. The van der Waals surface area contributed by atoms with Crippen LogP contribution in [-0.2, 0) is 26.2 Å². The Kier molecular flexibility index (Phi) is 8.99. The van der Waals surface area contributed by atoms with Crippen LogP contribution in [0.2, 0.25) is 0 Å². The van der Waals surface area contributed by atoms with E-state index >= 15 is 0 Å². The Balaban J connectivity index is 2.16. The second kappa shape index (κ2) is 11.3. The molecule has 0 radical (unpaired) electrons. The Morgan fingerprint density at radius 3 is 2.15 bits per heavy atom. The van der Waals surface area contributed by atoms with E-state index in [4.69, 9.17) is 0 Å². The van der Waals surface area contributed by atoms with Gasteiger partial charge in [0.05, 0.1) is 11.9 Å². The van der Waals surface area contributed by atoms with Gasteiger partial charge in [-0.2, -0.15) is 0 Å². The van der Waals surface area contributed by atoms with E-state index in [1.807, 2.05) is 19.9 Å². The number of carbonyl (C=O) groups excluding carboxylic acids is 2. The molecule has 1 N–H and O–H groups in total. The summed E-state index contributed by atoms with van der Waals surface area (Å²) in [5.74, 6) is -0.994. The third-order valence-corrected chi connectivity index (χ3v) is 6.52. The molecule has 2 aromatic rings. The smallest absolute Gasteiger partial charge is 0.242 e. The van der Waals surface area contributed by atoms with Gasteiger partial charge in [0.25, 0.3) is 0 Å². The number of benzene rings is 2. The van der Waals surface area contributed by atoms with E-state index in [0.29, 0.717) is 11.3 Å². The summed E-state index contributed by atoms with van der Waals surface area (Å²) in [6, 6.07) is 10.6. The van der Waals surface area contributed by atoms with Crippen molar-refractivity contribution < 1.29 is 22.4 Å². The van der Waals surface area contributed by atoms with Crippen molar-refractivity contribution in [2.24, 2.45) is 0 Å². The van der Waals surface area contributed by atoms with E-state index in [-0.39, 0.29) is 43.6 Å². The predicted molar refractivity (Wildman–Crippen MR) is 128 cm³/mol. The molecular weight excluding hydrogens is 445 g/mol. The van der Waals surface area contributed by atoms with Crippen LogP contribution in [0.25, 0.3) is 0 Å². The average molecular weight is 478 g/mol. The van der Waals surface area contributed by atoms with Crippen LogP contribution in [0.4, 0.5) is 10.1 Å². The minimum atomic E-state index is -3.55. The van der Waals surface area contributed by atoms with Gasteiger partial charge in [0, 0.05) is 26.6 Å². The second-order valence-corrected chi connectivity index (χ2v) is 10.1. The van der Waals surface area contributed by atoms with Crippen LogP contribution in [0, 0.1) is 19.7 Å². The average Bonchev–Trinajstić information content (AvgIpc) is 2.73. The maximum Gasteiger partial charge on any atom is 0.242 e. The molecule has 7 nitrogen and oxygen atoms in total. The van der Waals surface area contributed by atoms with Crippen molar-refractivity contribution in [2.75, 3.05) is 24.2 Å². The maximum absolute atomic E-state index is 13.3. The molecule has 0 bridgehead atoms. The second-order valence-electron chi connectivity index (χ2n) is 8.22. The van der Waals surface area contributed by atoms with Crippen LogP contribution >= 0.6 is 0 Å². The third kappa shape index (κ3) is 7.56. The highest BCUT2D eigenvalue weighted by Crippen LogP contribution is 2.22. The first-order chi connectivity index (χ1) is 15.4. The first kappa shape index (κ1) is 26.3. The molecule has 0 spiro atoms. The fourth-order valence-corrected chi connectivity index (χ4v) is 4.63. The van der Waals surface area contributed by atoms with Gasteiger partial charge in [-0.05, 0) is 68.1 Å². The lowest BCUT2D eigenvalue weighted by molar-refractivity contribution is -0.140. The summed E-state index contributed by atoms with van der Waals surface area (Å²) in [5, 5.41) is 2.54. The number of hydrogen-bond acceptors (Lipinski definition) is 4. The SMILES string of the molecule is CNC(=O)C(C)N(Cc1ccc(F)cc1)C(=O)CCCN(c1cc(C)cc(C)c1)S(C)(=O)=O. The van der Waals surface area contributed by atoms with Crippen LogP contribution in [0.1, 0.15) is 36.5 Å². The van der Waals surface area contributed by atoms with Crippen molar-refractivity contribution in [3.05, 3.63) is 65.0 Å². The van der Waals surface area contributed by atoms with Crippen molar-refractivity contribution in [3.63, 3.8) is 0 Å². The fraction of sp³-hybridized carbons (Fsp3) is 0.417. The van der Waals surface area contributed by atoms with Gasteiger partial charge in [-0.25, -0.2) is 12.8 Å². The highest BCUT2D eigenvalue weighted by molar-refractivity contribution is 7.92.